The summed E-state index contributed by atoms with van der Waals surface area (Å²) < 4.78 is 0. The number of fused-ring (bicyclic) bond motifs is 1. The van der Waals surface area contributed by atoms with E-state index in [0.717, 1.165) is 50.9 Å². The highest BCUT2D eigenvalue weighted by molar-refractivity contribution is 5.86. The Morgan fingerprint density at radius 2 is 2.16 bits per heavy atom. The number of aryl methyl sites for hydroxylation is 1. The van der Waals surface area contributed by atoms with Crippen molar-refractivity contribution in [1.29, 1.82) is 0 Å². The number of hydrogen-bond donors (Lipinski definition) is 2. The van der Waals surface area contributed by atoms with E-state index in [-0.39, 0.29) is 11.9 Å². The zero-order valence-electron chi connectivity index (χ0n) is 11.2. The van der Waals surface area contributed by atoms with E-state index in [2.05, 4.69) is 22.3 Å². The van der Waals surface area contributed by atoms with E-state index in [9.17, 15) is 4.79 Å². The van der Waals surface area contributed by atoms with E-state index in [1.54, 1.807) is 0 Å². The molecule has 1 aromatic carbocycles. The van der Waals surface area contributed by atoms with Gasteiger partial charge in [0.15, 0.2) is 0 Å². The van der Waals surface area contributed by atoms with Crippen molar-refractivity contribution in [2.45, 2.75) is 38.1 Å². The summed E-state index contributed by atoms with van der Waals surface area (Å²) in [5.74, 6) is 0.183. The Balaban J connectivity index is 1.91. The number of nitrogens with one attached hydrogen (secondary N) is 1. The van der Waals surface area contributed by atoms with Crippen molar-refractivity contribution in [3.8, 4) is 0 Å². The fourth-order valence-corrected chi connectivity index (χ4v) is 3.19. The molecule has 0 aromatic heterocycles. The van der Waals surface area contributed by atoms with Gasteiger partial charge in [0.25, 0.3) is 0 Å². The topological polar surface area (TPSA) is 58.4 Å². The maximum atomic E-state index is 12.2. The Morgan fingerprint density at radius 3 is 3.05 bits per heavy atom. The molecule has 1 unspecified atom stereocenters. The van der Waals surface area contributed by atoms with Crippen molar-refractivity contribution in [2.24, 2.45) is 0 Å². The molecule has 0 spiro atoms. The smallest absolute Gasteiger partial charge is 0.242 e. The monoisotopic (exact) mass is 259 g/mol. The first-order chi connectivity index (χ1) is 9.25. The minimum absolute atomic E-state index is 0.00910. The quantitative estimate of drug-likeness (QED) is 0.755. The van der Waals surface area contributed by atoms with Crippen molar-refractivity contribution in [3.63, 3.8) is 0 Å². The van der Waals surface area contributed by atoms with E-state index < -0.39 is 0 Å². The highest BCUT2D eigenvalue weighted by atomic mass is 16.2. The molecule has 0 aliphatic carbocycles. The van der Waals surface area contributed by atoms with Crippen LogP contribution in [0.2, 0.25) is 0 Å². The van der Waals surface area contributed by atoms with Crippen LogP contribution in [0.4, 0.5) is 11.4 Å². The van der Waals surface area contributed by atoms with Gasteiger partial charge in [-0.15, -0.1) is 0 Å². The average molecular weight is 259 g/mol. The van der Waals surface area contributed by atoms with Crippen molar-refractivity contribution < 1.29 is 4.79 Å². The number of hydrogen-bond acceptors (Lipinski definition) is 3. The molecule has 2 aliphatic rings. The molecule has 0 saturated carbocycles. The number of carbonyl (C=O) groups is 1. The zero-order chi connectivity index (χ0) is 13.2. The molecule has 102 valence electrons. The molecule has 3 rings (SSSR count). The third kappa shape index (κ3) is 2.39. The third-order valence-electron chi connectivity index (χ3n) is 4.14. The average Bonchev–Trinajstić information content (AvgIpc) is 2.62. The van der Waals surface area contributed by atoms with Gasteiger partial charge in [-0.25, -0.2) is 0 Å². The molecule has 1 aromatic rings. The number of benzene rings is 1. The summed E-state index contributed by atoms with van der Waals surface area (Å²) in [6.07, 6.45) is 5.32. The van der Waals surface area contributed by atoms with Crippen molar-refractivity contribution in [3.05, 3.63) is 23.8 Å². The van der Waals surface area contributed by atoms with Gasteiger partial charge in [-0.3, -0.25) is 4.79 Å². The van der Waals surface area contributed by atoms with Crippen LogP contribution in [0.3, 0.4) is 0 Å². The first-order valence-corrected chi connectivity index (χ1v) is 7.18. The van der Waals surface area contributed by atoms with E-state index in [1.165, 1.54) is 11.3 Å². The number of amides is 1. The van der Waals surface area contributed by atoms with Crippen LogP contribution in [0, 0.1) is 0 Å². The molecule has 1 amide bonds. The van der Waals surface area contributed by atoms with Crippen LogP contribution >= 0.6 is 0 Å². The maximum Gasteiger partial charge on any atom is 0.242 e. The largest absolute Gasteiger partial charge is 0.399 e. The minimum atomic E-state index is -0.00910. The fourth-order valence-electron chi connectivity index (χ4n) is 3.19. The second kappa shape index (κ2) is 5.11. The van der Waals surface area contributed by atoms with E-state index in [0.29, 0.717) is 0 Å². The third-order valence-corrected chi connectivity index (χ3v) is 4.14. The summed E-state index contributed by atoms with van der Waals surface area (Å²) in [4.78, 5) is 14.5. The molecule has 4 nitrogen and oxygen atoms in total. The Bertz CT molecular complexity index is 486. The van der Waals surface area contributed by atoms with Crippen molar-refractivity contribution in [2.75, 3.05) is 23.7 Å². The van der Waals surface area contributed by atoms with Crippen LogP contribution in [0.15, 0.2) is 18.2 Å². The Morgan fingerprint density at radius 1 is 1.26 bits per heavy atom. The van der Waals surface area contributed by atoms with E-state index in [4.69, 9.17) is 5.73 Å². The molecule has 1 atom stereocenters. The number of rotatable bonds is 1. The summed E-state index contributed by atoms with van der Waals surface area (Å²) in [5.41, 5.74) is 9.15. The summed E-state index contributed by atoms with van der Waals surface area (Å²) in [5, 5.41) is 3.03. The molecule has 0 radical (unpaired) electrons. The molecule has 19 heavy (non-hydrogen) atoms. The second-order valence-corrected chi connectivity index (χ2v) is 5.49. The first kappa shape index (κ1) is 12.3. The fraction of sp³-hybridized carbons (Fsp3) is 0.533. The summed E-state index contributed by atoms with van der Waals surface area (Å²) in [6.45, 7) is 1.78. The number of carbonyl (C=O) groups excluding carboxylic acids is 1. The Hall–Kier alpha value is -1.71. The second-order valence-electron chi connectivity index (χ2n) is 5.49. The van der Waals surface area contributed by atoms with Crippen LogP contribution in [-0.4, -0.2) is 25.0 Å². The van der Waals surface area contributed by atoms with Gasteiger partial charge in [-0.05, 0) is 55.9 Å². The van der Waals surface area contributed by atoms with Gasteiger partial charge in [0, 0.05) is 24.5 Å². The molecular formula is C15H21N3O. The standard InChI is InChI=1S/C15H21N3O/c16-12-6-7-13-11(10-12)4-3-9-18(13)14-5-1-2-8-17-15(14)19/h6-7,10,14H,1-5,8-9,16H2,(H,17,19). The summed E-state index contributed by atoms with van der Waals surface area (Å²) in [7, 11) is 0. The van der Waals surface area contributed by atoms with Gasteiger partial charge < -0.3 is 16.0 Å². The van der Waals surface area contributed by atoms with Gasteiger partial charge >= 0.3 is 0 Å². The van der Waals surface area contributed by atoms with Crippen molar-refractivity contribution >= 4 is 17.3 Å². The van der Waals surface area contributed by atoms with Crippen LogP contribution < -0.4 is 16.0 Å². The Kier molecular flexibility index (Phi) is 3.32. The Labute approximate surface area is 114 Å². The maximum absolute atomic E-state index is 12.2. The lowest BCUT2D eigenvalue weighted by Gasteiger charge is -2.36. The van der Waals surface area contributed by atoms with Crippen LogP contribution in [0.25, 0.3) is 0 Å². The van der Waals surface area contributed by atoms with Crippen molar-refractivity contribution in [1.82, 2.24) is 5.32 Å². The molecule has 2 heterocycles. The van der Waals surface area contributed by atoms with Crippen LogP contribution in [0.5, 0.6) is 0 Å². The molecule has 3 N–H and O–H groups in total. The predicted molar refractivity (Wildman–Crippen MR) is 77.2 cm³/mol. The summed E-state index contributed by atoms with van der Waals surface area (Å²) in [6, 6.07) is 6.05. The van der Waals surface area contributed by atoms with Crippen LogP contribution in [-0.2, 0) is 11.2 Å². The predicted octanol–water partition coefficient (Wildman–Crippen LogP) is 1.69. The normalized spacial score (nSPS) is 23.5. The molecule has 1 saturated heterocycles. The molecule has 1 fully saturated rings. The minimum Gasteiger partial charge on any atom is -0.399 e. The summed E-state index contributed by atoms with van der Waals surface area (Å²) >= 11 is 0. The number of anilines is 2. The highest BCUT2D eigenvalue weighted by Crippen LogP contribution is 2.31. The number of nitrogens with zero attached hydrogens (tertiary/aromatic N) is 1. The SMILES string of the molecule is Nc1ccc2c(c1)CCCN2C1CCCCNC1=O. The van der Waals surface area contributed by atoms with E-state index in [1.807, 2.05) is 6.07 Å². The molecule has 2 aliphatic heterocycles. The highest BCUT2D eigenvalue weighted by Gasteiger charge is 2.30. The van der Waals surface area contributed by atoms with Gasteiger partial charge in [0.05, 0.1) is 0 Å². The number of nitrogen functional groups attached to an aromatic ring is 1. The lowest BCUT2D eigenvalue weighted by Crippen LogP contribution is -2.48. The molecule has 4 heteroatoms. The lowest BCUT2D eigenvalue weighted by molar-refractivity contribution is -0.122. The molecular weight excluding hydrogens is 238 g/mol. The molecule has 0 bridgehead atoms. The first-order valence-electron chi connectivity index (χ1n) is 7.18. The van der Waals surface area contributed by atoms with E-state index >= 15 is 0 Å². The van der Waals surface area contributed by atoms with Gasteiger partial charge in [-0.2, -0.15) is 0 Å². The lowest BCUT2D eigenvalue weighted by atomic mass is 9.97. The zero-order valence-corrected chi connectivity index (χ0v) is 11.2. The van der Waals surface area contributed by atoms with Gasteiger partial charge in [0.2, 0.25) is 5.91 Å². The van der Waals surface area contributed by atoms with Gasteiger partial charge in [0.1, 0.15) is 6.04 Å². The van der Waals surface area contributed by atoms with Gasteiger partial charge in [-0.1, -0.05) is 0 Å². The number of nitrogens with two attached hydrogens (primary N) is 1. The van der Waals surface area contributed by atoms with Crippen LogP contribution in [0.1, 0.15) is 31.2 Å².